The molecule has 0 radical (unpaired) electrons. The molecule has 0 bridgehead atoms. The summed E-state index contributed by atoms with van der Waals surface area (Å²) in [4.78, 5) is 25.2. The van der Waals surface area contributed by atoms with E-state index >= 15 is 0 Å². The second-order valence-corrected chi connectivity index (χ2v) is 6.59. The maximum atomic E-state index is 12.6. The molecule has 0 fully saturated rings. The zero-order chi connectivity index (χ0) is 17.4. The minimum atomic E-state index is -0.218. The molecule has 1 aromatic heterocycles. The molecule has 6 nitrogen and oxygen atoms in total. The summed E-state index contributed by atoms with van der Waals surface area (Å²) < 4.78 is 0. The molecule has 0 saturated heterocycles. The van der Waals surface area contributed by atoms with E-state index in [1.54, 1.807) is 18.1 Å². The van der Waals surface area contributed by atoms with Crippen molar-refractivity contribution >= 4 is 29.0 Å². The predicted molar refractivity (Wildman–Crippen MR) is 96.9 cm³/mol. The summed E-state index contributed by atoms with van der Waals surface area (Å²) in [6, 6.07) is 7.84. The number of nitrogens with one attached hydrogen (secondary N) is 1. The third-order valence-corrected chi connectivity index (χ3v) is 4.39. The molecule has 126 valence electrons. The molecule has 0 aliphatic carbocycles. The topological polar surface area (TPSA) is 61.4 Å². The average molecular weight is 325 g/mol. The van der Waals surface area contributed by atoms with Crippen LogP contribution in [0, 0.1) is 12.8 Å². The number of rotatable bonds is 3. The number of hydrogen-bond donors (Lipinski definition) is 1. The maximum Gasteiger partial charge on any atom is 0.249 e. The summed E-state index contributed by atoms with van der Waals surface area (Å²) in [5, 5.41) is 3.22. The number of benzene rings is 1. The molecule has 3 rings (SSSR count). The molecule has 1 aliphatic rings. The van der Waals surface area contributed by atoms with Crippen LogP contribution in [0.4, 0.5) is 23.1 Å². The molecule has 1 unspecified atom stereocenters. The highest BCUT2D eigenvalue weighted by Crippen LogP contribution is 2.35. The molecule has 0 spiro atoms. The van der Waals surface area contributed by atoms with E-state index in [4.69, 9.17) is 0 Å². The highest BCUT2D eigenvalue weighted by atomic mass is 16.2. The highest BCUT2D eigenvalue weighted by molar-refractivity contribution is 6.04. The van der Waals surface area contributed by atoms with Gasteiger partial charge in [-0.05, 0) is 25.0 Å². The third-order valence-electron chi connectivity index (χ3n) is 4.39. The first-order valence-electron chi connectivity index (χ1n) is 8.09. The van der Waals surface area contributed by atoms with E-state index in [-0.39, 0.29) is 17.9 Å². The highest BCUT2D eigenvalue weighted by Gasteiger charge is 2.37. The molecule has 1 aliphatic heterocycles. The number of aryl methyl sites for hydroxylation is 1. The van der Waals surface area contributed by atoms with E-state index < -0.39 is 0 Å². The van der Waals surface area contributed by atoms with E-state index in [0.29, 0.717) is 5.95 Å². The van der Waals surface area contributed by atoms with Gasteiger partial charge in [0, 0.05) is 19.8 Å². The minimum Gasteiger partial charge on any atom is -0.345 e. The summed E-state index contributed by atoms with van der Waals surface area (Å²) in [5.41, 5.74) is 2.87. The van der Waals surface area contributed by atoms with E-state index in [1.165, 1.54) is 5.56 Å². The maximum absolute atomic E-state index is 12.6. The lowest BCUT2D eigenvalue weighted by Gasteiger charge is -2.40. The van der Waals surface area contributed by atoms with Crippen LogP contribution in [-0.2, 0) is 4.79 Å². The van der Waals surface area contributed by atoms with Crippen LogP contribution in [-0.4, -0.2) is 36.0 Å². The second kappa shape index (κ2) is 6.11. The summed E-state index contributed by atoms with van der Waals surface area (Å²) in [6.45, 7) is 6.14. The van der Waals surface area contributed by atoms with Gasteiger partial charge in [-0.2, -0.15) is 4.98 Å². The monoisotopic (exact) mass is 325 g/mol. The van der Waals surface area contributed by atoms with E-state index in [9.17, 15) is 4.79 Å². The Bertz CT molecular complexity index is 757. The van der Waals surface area contributed by atoms with Gasteiger partial charge in [0.15, 0.2) is 5.82 Å². The van der Waals surface area contributed by atoms with Crippen LogP contribution in [0.5, 0.6) is 0 Å². The molecule has 0 saturated carbocycles. The van der Waals surface area contributed by atoms with Crippen LogP contribution in [0.1, 0.15) is 19.4 Å². The molecule has 24 heavy (non-hydrogen) atoms. The van der Waals surface area contributed by atoms with E-state index in [1.807, 2.05) is 57.0 Å². The van der Waals surface area contributed by atoms with Gasteiger partial charge in [0.25, 0.3) is 0 Å². The normalized spacial score (nSPS) is 17.2. The number of aromatic nitrogens is 2. The van der Waals surface area contributed by atoms with Crippen molar-refractivity contribution in [3.05, 3.63) is 36.0 Å². The summed E-state index contributed by atoms with van der Waals surface area (Å²) in [7, 11) is 3.69. The van der Waals surface area contributed by atoms with Crippen LogP contribution >= 0.6 is 0 Å². The van der Waals surface area contributed by atoms with Crippen LogP contribution < -0.4 is 15.1 Å². The smallest absolute Gasteiger partial charge is 0.249 e. The molecule has 1 atom stereocenters. The van der Waals surface area contributed by atoms with Gasteiger partial charge in [-0.1, -0.05) is 31.5 Å². The molecular formula is C18H23N5O. The number of likely N-dealkylation sites (N-methyl/N-ethyl adjacent to an activating group) is 2. The van der Waals surface area contributed by atoms with Crippen molar-refractivity contribution < 1.29 is 4.79 Å². The van der Waals surface area contributed by atoms with Crippen molar-refractivity contribution in [3.63, 3.8) is 0 Å². The Kier molecular flexibility index (Phi) is 4.13. The first-order valence-corrected chi connectivity index (χ1v) is 8.09. The van der Waals surface area contributed by atoms with Gasteiger partial charge in [-0.3, -0.25) is 4.79 Å². The molecule has 1 N–H and O–H groups in total. The van der Waals surface area contributed by atoms with Crippen LogP contribution in [0.25, 0.3) is 0 Å². The van der Waals surface area contributed by atoms with Crippen molar-refractivity contribution in [2.75, 3.05) is 29.2 Å². The fourth-order valence-electron chi connectivity index (χ4n) is 3.04. The molecule has 2 aromatic rings. The standard InChI is InChI=1S/C18H23N5O/c1-11(2)15-17(24)22(4)14-10-19-18(21-16(14)23(15)5)20-13-8-6-12(3)7-9-13/h6-11,15H,1-5H3,(H,19,20,21). The Morgan fingerprint density at radius 2 is 1.83 bits per heavy atom. The van der Waals surface area contributed by atoms with Gasteiger partial charge >= 0.3 is 0 Å². The Labute approximate surface area is 142 Å². The number of anilines is 4. The molecule has 1 amide bonds. The van der Waals surface area contributed by atoms with Gasteiger partial charge in [-0.25, -0.2) is 4.98 Å². The van der Waals surface area contributed by atoms with Crippen molar-refractivity contribution in [3.8, 4) is 0 Å². The Hall–Kier alpha value is -2.63. The minimum absolute atomic E-state index is 0.0721. The largest absolute Gasteiger partial charge is 0.345 e. The molecule has 6 heteroatoms. The number of nitrogens with zero attached hydrogens (tertiary/aromatic N) is 4. The fourth-order valence-corrected chi connectivity index (χ4v) is 3.04. The van der Waals surface area contributed by atoms with Crippen molar-refractivity contribution in [1.82, 2.24) is 9.97 Å². The van der Waals surface area contributed by atoms with Crippen molar-refractivity contribution in [1.29, 1.82) is 0 Å². The summed E-state index contributed by atoms with van der Waals surface area (Å²) in [5.74, 6) is 1.56. The first-order chi connectivity index (χ1) is 11.4. The lowest BCUT2D eigenvalue weighted by atomic mass is 9.99. The predicted octanol–water partition coefficient (Wildman–Crippen LogP) is 2.97. The van der Waals surface area contributed by atoms with Gasteiger partial charge in [0.05, 0.1) is 6.20 Å². The van der Waals surface area contributed by atoms with Crippen LogP contribution in [0.15, 0.2) is 30.5 Å². The molecular weight excluding hydrogens is 302 g/mol. The quantitative estimate of drug-likeness (QED) is 0.940. The lowest BCUT2D eigenvalue weighted by Crippen LogP contribution is -2.53. The number of fused-ring (bicyclic) bond motifs is 1. The van der Waals surface area contributed by atoms with Crippen molar-refractivity contribution in [2.45, 2.75) is 26.8 Å². The van der Waals surface area contributed by atoms with Crippen LogP contribution in [0.2, 0.25) is 0 Å². The van der Waals surface area contributed by atoms with E-state index in [0.717, 1.165) is 17.2 Å². The number of carbonyl (C=O) groups excluding carboxylic acids is 1. The first kappa shape index (κ1) is 16.2. The number of carbonyl (C=O) groups is 1. The van der Waals surface area contributed by atoms with E-state index in [2.05, 4.69) is 15.3 Å². The number of amides is 1. The Balaban J connectivity index is 1.95. The zero-order valence-corrected chi connectivity index (χ0v) is 14.7. The van der Waals surface area contributed by atoms with Gasteiger partial charge in [-0.15, -0.1) is 0 Å². The van der Waals surface area contributed by atoms with Gasteiger partial charge in [0.1, 0.15) is 11.7 Å². The average Bonchev–Trinajstić information content (AvgIpc) is 2.55. The molecule has 2 heterocycles. The third kappa shape index (κ3) is 2.79. The fraction of sp³-hybridized carbons (Fsp3) is 0.389. The van der Waals surface area contributed by atoms with Crippen LogP contribution in [0.3, 0.4) is 0 Å². The lowest BCUT2D eigenvalue weighted by molar-refractivity contribution is -0.120. The van der Waals surface area contributed by atoms with Gasteiger partial charge in [0.2, 0.25) is 11.9 Å². The molecule has 1 aromatic carbocycles. The Morgan fingerprint density at radius 1 is 1.17 bits per heavy atom. The SMILES string of the molecule is Cc1ccc(Nc2ncc3c(n2)N(C)C(C(C)C)C(=O)N3C)cc1. The summed E-state index contributed by atoms with van der Waals surface area (Å²) in [6.07, 6.45) is 1.70. The zero-order valence-electron chi connectivity index (χ0n) is 14.7. The Morgan fingerprint density at radius 3 is 2.46 bits per heavy atom. The van der Waals surface area contributed by atoms with Crippen molar-refractivity contribution in [2.24, 2.45) is 5.92 Å². The second-order valence-electron chi connectivity index (χ2n) is 6.59. The van der Waals surface area contributed by atoms with Gasteiger partial charge < -0.3 is 15.1 Å². The summed E-state index contributed by atoms with van der Waals surface area (Å²) >= 11 is 0. The number of hydrogen-bond acceptors (Lipinski definition) is 5.